The molecule has 1 saturated heterocycles. The van der Waals surface area contributed by atoms with Crippen molar-refractivity contribution in [3.8, 4) is 11.5 Å². The van der Waals surface area contributed by atoms with Gasteiger partial charge in [-0.2, -0.15) is 0 Å². The summed E-state index contributed by atoms with van der Waals surface area (Å²) in [6.07, 6.45) is 2.72. The van der Waals surface area contributed by atoms with Gasteiger partial charge in [-0.15, -0.1) is 0 Å². The van der Waals surface area contributed by atoms with Gasteiger partial charge in [0.15, 0.2) is 0 Å². The predicted octanol–water partition coefficient (Wildman–Crippen LogP) is 3.94. The van der Waals surface area contributed by atoms with Crippen LogP contribution in [0.2, 0.25) is 0 Å². The summed E-state index contributed by atoms with van der Waals surface area (Å²) >= 11 is 0. The molecular formula is C20H22FNO2. The molecule has 3 nitrogen and oxygen atoms in total. The summed E-state index contributed by atoms with van der Waals surface area (Å²) < 4.78 is 25.2. The van der Waals surface area contributed by atoms with Crippen LogP contribution in [0.5, 0.6) is 11.5 Å². The highest BCUT2D eigenvalue weighted by Crippen LogP contribution is 2.35. The lowest BCUT2D eigenvalue weighted by atomic mass is 10.1. The molecule has 1 heterocycles. The number of nitrogens with zero attached hydrogens (tertiary/aromatic N) is 1. The summed E-state index contributed by atoms with van der Waals surface area (Å²) in [5, 5.41) is 0. The van der Waals surface area contributed by atoms with E-state index in [-0.39, 0.29) is 5.82 Å². The molecule has 0 bridgehead atoms. The number of rotatable bonds is 4. The fourth-order valence-corrected chi connectivity index (χ4v) is 3.53. The van der Waals surface area contributed by atoms with Crippen LogP contribution in [0.3, 0.4) is 0 Å². The Labute approximate surface area is 142 Å². The third kappa shape index (κ3) is 3.30. The molecule has 126 valence electrons. The maximum atomic E-state index is 13.8. The molecule has 0 N–H and O–H groups in total. The third-order valence-electron chi connectivity index (χ3n) is 4.85. The summed E-state index contributed by atoms with van der Waals surface area (Å²) in [7, 11) is 0. The highest BCUT2D eigenvalue weighted by atomic mass is 19.1. The van der Waals surface area contributed by atoms with Gasteiger partial charge in [0.1, 0.15) is 17.3 Å². The van der Waals surface area contributed by atoms with Gasteiger partial charge in [-0.3, -0.25) is 4.90 Å². The predicted molar refractivity (Wildman–Crippen MR) is 91.0 cm³/mol. The Morgan fingerprint density at radius 1 is 0.958 bits per heavy atom. The van der Waals surface area contributed by atoms with Crippen LogP contribution in [-0.4, -0.2) is 31.2 Å². The van der Waals surface area contributed by atoms with Gasteiger partial charge in [0.05, 0.1) is 13.2 Å². The molecule has 24 heavy (non-hydrogen) atoms. The Bertz CT molecular complexity index is 708. The van der Waals surface area contributed by atoms with Crippen molar-refractivity contribution in [2.24, 2.45) is 0 Å². The number of hydrogen-bond donors (Lipinski definition) is 0. The molecule has 0 amide bonds. The van der Waals surface area contributed by atoms with Crippen LogP contribution in [0, 0.1) is 5.82 Å². The molecule has 4 heteroatoms. The number of halogens is 1. The van der Waals surface area contributed by atoms with Crippen molar-refractivity contribution in [3.05, 3.63) is 58.9 Å². The molecule has 1 aliphatic heterocycles. The zero-order chi connectivity index (χ0) is 16.4. The molecule has 0 spiro atoms. The van der Waals surface area contributed by atoms with Gasteiger partial charge in [-0.25, -0.2) is 4.39 Å². The van der Waals surface area contributed by atoms with E-state index >= 15 is 0 Å². The van der Waals surface area contributed by atoms with Crippen molar-refractivity contribution in [1.82, 2.24) is 4.90 Å². The quantitative estimate of drug-likeness (QED) is 0.849. The zero-order valence-corrected chi connectivity index (χ0v) is 13.8. The van der Waals surface area contributed by atoms with Crippen LogP contribution in [0.4, 0.5) is 4.39 Å². The average Bonchev–Trinajstić information content (AvgIpc) is 3.11. The fraction of sp³-hybridized carbons (Fsp3) is 0.400. The first-order valence-electron chi connectivity index (χ1n) is 8.67. The second-order valence-electron chi connectivity index (χ2n) is 6.49. The lowest BCUT2D eigenvalue weighted by molar-refractivity contribution is 0.0342. The standard InChI is InChI=1S/C20H22FNO2/c21-19-8-9-20(18-3-1-2-17(18)19)24-16-6-4-15(5-7-16)14-22-10-12-23-13-11-22/h4-9H,1-3,10-14H2. The van der Waals surface area contributed by atoms with Crippen molar-refractivity contribution in [2.75, 3.05) is 26.3 Å². The van der Waals surface area contributed by atoms with Crippen molar-refractivity contribution in [2.45, 2.75) is 25.8 Å². The average molecular weight is 327 g/mol. The third-order valence-corrected chi connectivity index (χ3v) is 4.85. The van der Waals surface area contributed by atoms with Crippen molar-refractivity contribution < 1.29 is 13.9 Å². The van der Waals surface area contributed by atoms with E-state index in [1.807, 2.05) is 12.1 Å². The molecule has 0 unspecified atom stereocenters. The van der Waals surface area contributed by atoms with Crippen molar-refractivity contribution in [3.63, 3.8) is 0 Å². The van der Waals surface area contributed by atoms with Crippen molar-refractivity contribution in [1.29, 1.82) is 0 Å². The largest absolute Gasteiger partial charge is 0.457 e. The molecule has 0 aromatic heterocycles. The van der Waals surface area contributed by atoms with Gasteiger partial charge in [-0.1, -0.05) is 12.1 Å². The summed E-state index contributed by atoms with van der Waals surface area (Å²) in [4.78, 5) is 2.40. The van der Waals surface area contributed by atoms with Gasteiger partial charge in [0.25, 0.3) is 0 Å². The molecule has 4 rings (SSSR count). The topological polar surface area (TPSA) is 21.7 Å². The van der Waals surface area contributed by atoms with Crippen LogP contribution in [0.1, 0.15) is 23.1 Å². The Kier molecular flexibility index (Phi) is 4.50. The van der Waals surface area contributed by atoms with Gasteiger partial charge in [0.2, 0.25) is 0 Å². The Hall–Kier alpha value is -1.91. The van der Waals surface area contributed by atoms with E-state index in [1.54, 1.807) is 6.07 Å². The van der Waals surface area contributed by atoms with Crippen LogP contribution in [0.25, 0.3) is 0 Å². The molecule has 1 aliphatic carbocycles. The molecular weight excluding hydrogens is 305 g/mol. The maximum Gasteiger partial charge on any atom is 0.131 e. The number of benzene rings is 2. The minimum Gasteiger partial charge on any atom is -0.457 e. The Morgan fingerprint density at radius 3 is 2.50 bits per heavy atom. The highest BCUT2D eigenvalue weighted by molar-refractivity contribution is 5.46. The normalized spacial score (nSPS) is 17.7. The lowest BCUT2D eigenvalue weighted by Crippen LogP contribution is -2.35. The summed E-state index contributed by atoms with van der Waals surface area (Å²) in [5.74, 6) is 1.50. The van der Waals surface area contributed by atoms with Crippen molar-refractivity contribution >= 4 is 0 Å². The molecule has 0 atom stereocenters. The number of hydrogen-bond acceptors (Lipinski definition) is 3. The van der Waals surface area contributed by atoms with Crippen LogP contribution < -0.4 is 4.74 Å². The first-order valence-corrected chi connectivity index (χ1v) is 8.67. The molecule has 0 saturated carbocycles. The smallest absolute Gasteiger partial charge is 0.131 e. The SMILES string of the molecule is Fc1ccc(Oc2ccc(CN3CCOCC3)cc2)c2c1CCC2. The van der Waals surface area contributed by atoms with Crippen LogP contribution in [0.15, 0.2) is 36.4 Å². The summed E-state index contributed by atoms with van der Waals surface area (Å²) in [5.41, 5.74) is 3.14. The van der Waals surface area contributed by atoms with Gasteiger partial charge >= 0.3 is 0 Å². The summed E-state index contributed by atoms with van der Waals surface area (Å²) in [6.45, 7) is 4.54. The second kappa shape index (κ2) is 6.91. The summed E-state index contributed by atoms with van der Waals surface area (Å²) in [6, 6.07) is 11.5. The Morgan fingerprint density at radius 2 is 1.71 bits per heavy atom. The van der Waals surface area contributed by atoms with E-state index in [9.17, 15) is 4.39 Å². The van der Waals surface area contributed by atoms with E-state index in [4.69, 9.17) is 9.47 Å². The fourth-order valence-electron chi connectivity index (χ4n) is 3.53. The molecule has 2 aromatic carbocycles. The molecule has 2 aromatic rings. The van der Waals surface area contributed by atoms with Crippen LogP contribution >= 0.6 is 0 Å². The van der Waals surface area contributed by atoms with E-state index in [2.05, 4.69) is 17.0 Å². The first kappa shape index (κ1) is 15.6. The number of ether oxygens (including phenoxy) is 2. The van der Waals surface area contributed by atoms with Gasteiger partial charge < -0.3 is 9.47 Å². The van der Waals surface area contributed by atoms with Crippen LogP contribution in [-0.2, 0) is 24.1 Å². The van der Waals surface area contributed by atoms with Gasteiger partial charge in [-0.05, 0) is 54.7 Å². The maximum absolute atomic E-state index is 13.8. The van der Waals surface area contributed by atoms with E-state index in [0.717, 1.165) is 74.7 Å². The zero-order valence-electron chi connectivity index (χ0n) is 13.8. The highest BCUT2D eigenvalue weighted by Gasteiger charge is 2.20. The Balaban J connectivity index is 1.45. The minimum absolute atomic E-state index is 0.101. The van der Waals surface area contributed by atoms with Gasteiger partial charge in [0, 0.05) is 25.2 Å². The molecule has 2 aliphatic rings. The van der Waals surface area contributed by atoms with E-state index < -0.39 is 0 Å². The molecule has 1 fully saturated rings. The molecule has 0 radical (unpaired) electrons. The lowest BCUT2D eigenvalue weighted by Gasteiger charge is -2.26. The second-order valence-corrected chi connectivity index (χ2v) is 6.49. The van der Waals surface area contributed by atoms with E-state index in [1.165, 1.54) is 11.6 Å². The van der Waals surface area contributed by atoms with E-state index in [0.29, 0.717) is 0 Å². The number of fused-ring (bicyclic) bond motifs is 1. The minimum atomic E-state index is -0.101. The number of morpholine rings is 1. The first-order chi connectivity index (χ1) is 11.8. The monoisotopic (exact) mass is 327 g/mol.